The average molecular weight is 444 g/mol. The van der Waals surface area contributed by atoms with Gasteiger partial charge >= 0.3 is 5.97 Å². The van der Waals surface area contributed by atoms with Crippen LogP contribution < -0.4 is 9.04 Å². The Kier molecular flexibility index (Phi) is 6.37. The molecule has 2 aromatic carbocycles. The van der Waals surface area contributed by atoms with Gasteiger partial charge in [-0.1, -0.05) is 23.2 Å². The van der Waals surface area contributed by atoms with Crippen LogP contribution >= 0.6 is 23.2 Å². The predicted molar refractivity (Wildman–Crippen MR) is 108 cm³/mol. The average Bonchev–Trinajstić information content (AvgIpc) is 3.15. The molecule has 2 aromatic rings. The van der Waals surface area contributed by atoms with E-state index >= 15 is 0 Å². The number of hydrogen-bond donors (Lipinski definition) is 1. The largest absolute Gasteiger partial charge is 0.490 e. The number of nitrogens with zero attached hydrogens (tertiary/aromatic N) is 1. The molecule has 150 valence electrons. The second-order valence-electron chi connectivity index (χ2n) is 6.50. The van der Waals surface area contributed by atoms with Crippen LogP contribution in [0.15, 0.2) is 47.4 Å². The first-order chi connectivity index (χ1) is 13.3. The highest BCUT2D eigenvalue weighted by molar-refractivity contribution is 7.93. The minimum Gasteiger partial charge on any atom is -0.490 e. The summed E-state index contributed by atoms with van der Waals surface area (Å²) >= 11 is 11.9. The minimum absolute atomic E-state index is 0.0408. The number of ether oxygens (including phenoxy) is 1. The van der Waals surface area contributed by atoms with Crippen molar-refractivity contribution in [2.75, 3.05) is 10.8 Å². The van der Waals surface area contributed by atoms with Crippen LogP contribution in [0.2, 0.25) is 10.0 Å². The van der Waals surface area contributed by atoms with Crippen LogP contribution in [0.3, 0.4) is 0 Å². The molecule has 6 nitrogen and oxygen atoms in total. The van der Waals surface area contributed by atoms with Crippen LogP contribution in [0, 0.1) is 0 Å². The van der Waals surface area contributed by atoms with Gasteiger partial charge in [-0.15, -0.1) is 0 Å². The van der Waals surface area contributed by atoms with Gasteiger partial charge in [0.05, 0.1) is 16.8 Å². The molecule has 3 rings (SSSR count). The van der Waals surface area contributed by atoms with Crippen LogP contribution in [0.25, 0.3) is 0 Å². The molecule has 0 unspecified atom stereocenters. The molecule has 1 aliphatic carbocycles. The summed E-state index contributed by atoms with van der Waals surface area (Å²) in [6, 6.07) is 10.3. The Morgan fingerprint density at radius 2 is 1.75 bits per heavy atom. The van der Waals surface area contributed by atoms with Crippen molar-refractivity contribution >= 4 is 44.9 Å². The number of benzene rings is 2. The zero-order valence-corrected chi connectivity index (χ0v) is 17.2. The molecule has 0 amide bonds. The van der Waals surface area contributed by atoms with Crippen molar-refractivity contribution in [3.8, 4) is 5.75 Å². The highest BCUT2D eigenvalue weighted by Gasteiger charge is 2.29. The zero-order chi connectivity index (χ0) is 20.3. The van der Waals surface area contributed by atoms with Crippen LogP contribution in [0.1, 0.15) is 25.7 Å². The predicted octanol–water partition coefficient (Wildman–Crippen LogP) is 4.59. The highest BCUT2D eigenvalue weighted by Crippen LogP contribution is 2.32. The summed E-state index contributed by atoms with van der Waals surface area (Å²) in [6.45, 7) is -0.756. The van der Waals surface area contributed by atoms with E-state index in [1.807, 2.05) is 0 Å². The lowest BCUT2D eigenvalue weighted by atomic mass is 10.2. The van der Waals surface area contributed by atoms with E-state index in [1.54, 1.807) is 12.1 Å². The molecule has 1 N–H and O–H groups in total. The van der Waals surface area contributed by atoms with Crippen molar-refractivity contribution < 1.29 is 23.1 Å². The van der Waals surface area contributed by atoms with Crippen LogP contribution in [0.4, 0.5) is 5.69 Å². The van der Waals surface area contributed by atoms with Gasteiger partial charge in [0.1, 0.15) is 17.2 Å². The van der Waals surface area contributed by atoms with Crippen molar-refractivity contribution in [1.82, 2.24) is 0 Å². The normalized spacial score (nSPS) is 14.8. The second kappa shape index (κ2) is 8.59. The Morgan fingerprint density at radius 3 is 2.36 bits per heavy atom. The summed E-state index contributed by atoms with van der Waals surface area (Å²) in [6.07, 6.45) is 4.42. The molecule has 0 saturated heterocycles. The molecule has 0 aliphatic heterocycles. The van der Waals surface area contributed by atoms with E-state index < -0.39 is 22.5 Å². The van der Waals surface area contributed by atoms with E-state index in [1.165, 1.54) is 30.3 Å². The molecule has 9 heteroatoms. The van der Waals surface area contributed by atoms with Gasteiger partial charge in [0.25, 0.3) is 10.0 Å². The zero-order valence-electron chi connectivity index (χ0n) is 14.8. The molecule has 1 fully saturated rings. The van der Waals surface area contributed by atoms with E-state index in [0.717, 1.165) is 30.0 Å². The van der Waals surface area contributed by atoms with Crippen molar-refractivity contribution in [2.45, 2.75) is 36.7 Å². The Morgan fingerprint density at radius 1 is 1.11 bits per heavy atom. The summed E-state index contributed by atoms with van der Waals surface area (Å²) in [4.78, 5) is 11.1. The molecule has 1 aliphatic rings. The van der Waals surface area contributed by atoms with Crippen molar-refractivity contribution in [3.63, 3.8) is 0 Å². The molecular formula is C19H19Cl2NO5S. The summed E-state index contributed by atoms with van der Waals surface area (Å²) in [7, 11) is -4.24. The third-order valence-corrected chi connectivity index (χ3v) is 6.96. The van der Waals surface area contributed by atoms with E-state index in [4.69, 9.17) is 27.9 Å². The Labute approximate surface area is 173 Å². The van der Waals surface area contributed by atoms with Gasteiger partial charge in [-0.25, -0.2) is 8.42 Å². The molecule has 0 spiro atoms. The fourth-order valence-electron chi connectivity index (χ4n) is 3.12. The van der Waals surface area contributed by atoms with Crippen molar-refractivity contribution in [2.24, 2.45) is 0 Å². The topological polar surface area (TPSA) is 83.9 Å². The third-order valence-electron chi connectivity index (χ3n) is 4.47. The number of rotatable bonds is 7. The van der Waals surface area contributed by atoms with Gasteiger partial charge in [0, 0.05) is 5.02 Å². The fourth-order valence-corrected chi connectivity index (χ4v) is 5.28. The number of halogens is 2. The molecule has 0 atom stereocenters. The van der Waals surface area contributed by atoms with Gasteiger partial charge < -0.3 is 9.84 Å². The fraction of sp³-hybridized carbons (Fsp3) is 0.316. The first-order valence-electron chi connectivity index (χ1n) is 8.73. The Hall–Kier alpha value is -1.96. The maximum absolute atomic E-state index is 13.1. The summed E-state index contributed by atoms with van der Waals surface area (Å²) in [5.41, 5.74) is 0.192. The summed E-state index contributed by atoms with van der Waals surface area (Å²) < 4.78 is 32.8. The maximum atomic E-state index is 13.1. The lowest BCUT2D eigenvalue weighted by molar-refractivity contribution is -0.135. The first kappa shape index (κ1) is 20.8. The SMILES string of the molecule is O=C(O)CN(c1ccc(OC2CCCC2)cc1)S(=O)(=O)c1cc(Cl)ccc1Cl. The van der Waals surface area contributed by atoms with Gasteiger partial charge in [-0.2, -0.15) is 0 Å². The monoisotopic (exact) mass is 443 g/mol. The molecule has 0 bridgehead atoms. The smallest absolute Gasteiger partial charge is 0.324 e. The molecule has 0 aromatic heterocycles. The first-order valence-corrected chi connectivity index (χ1v) is 10.9. The van der Waals surface area contributed by atoms with E-state index in [2.05, 4.69) is 0 Å². The van der Waals surface area contributed by atoms with Crippen LogP contribution in [-0.4, -0.2) is 32.1 Å². The molecule has 0 heterocycles. The van der Waals surface area contributed by atoms with Crippen molar-refractivity contribution in [1.29, 1.82) is 0 Å². The quantitative estimate of drug-likeness (QED) is 0.675. The molecule has 0 radical (unpaired) electrons. The highest BCUT2D eigenvalue weighted by atomic mass is 35.5. The number of anilines is 1. The number of carboxylic acids is 1. The standard InChI is InChI=1S/C19H19Cl2NO5S/c20-13-5-10-17(21)18(11-13)28(25,26)22(12-19(23)24)14-6-8-16(9-7-14)27-15-3-1-2-4-15/h5-11,15H,1-4,12H2,(H,23,24). The van der Waals surface area contributed by atoms with Crippen LogP contribution in [-0.2, 0) is 14.8 Å². The number of hydrogen-bond acceptors (Lipinski definition) is 4. The number of sulfonamides is 1. The Balaban J connectivity index is 1.93. The number of carboxylic acid groups (broad SMARTS) is 1. The lowest BCUT2D eigenvalue weighted by Gasteiger charge is -2.24. The third kappa shape index (κ3) is 4.71. The van der Waals surface area contributed by atoms with Gasteiger partial charge in [0.15, 0.2) is 0 Å². The van der Waals surface area contributed by atoms with Crippen molar-refractivity contribution in [3.05, 3.63) is 52.5 Å². The number of carbonyl (C=O) groups is 1. The maximum Gasteiger partial charge on any atom is 0.324 e. The minimum atomic E-state index is -4.24. The second-order valence-corrected chi connectivity index (χ2v) is 9.17. The van der Waals surface area contributed by atoms with Gasteiger partial charge in [-0.05, 0) is 68.1 Å². The molecule has 1 saturated carbocycles. The lowest BCUT2D eigenvalue weighted by Crippen LogP contribution is -2.35. The summed E-state index contributed by atoms with van der Waals surface area (Å²) in [5.74, 6) is -0.683. The summed E-state index contributed by atoms with van der Waals surface area (Å²) in [5, 5.41) is 9.37. The molecule has 28 heavy (non-hydrogen) atoms. The van der Waals surface area contributed by atoms with E-state index in [0.29, 0.717) is 5.75 Å². The van der Waals surface area contributed by atoms with Crippen LogP contribution in [0.5, 0.6) is 5.75 Å². The number of aliphatic carboxylic acids is 1. The van der Waals surface area contributed by atoms with Gasteiger partial charge in [0.2, 0.25) is 0 Å². The Bertz CT molecular complexity index is 957. The molecular weight excluding hydrogens is 425 g/mol. The van der Waals surface area contributed by atoms with E-state index in [9.17, 15) is 18.3 Å². The van der Waals surface area contributed by atoms with Gasteiger partial charge in [-0.3, -0.25) is 9.10 Å². The van der Waals surface area contributed by atoms with E-state index in [-0.39, 0.29) is 26.7 Å².